The van der Waals surface area contributed by atoms with Crippen molar-refractivity contribution in [2.45, 2.75) is 139 Å². The van der Waals surface area contributed by atoms with E-state index in [1.54, 1.807) is 115 Å². The first kappa shape index (κ1) is 99.4. The van der Waals surface area contributed by atoms with Crippen LogP contribution in [-0.4, -0.2) is 393 Å². The summed E-state index contributed by atoms with van der Waals surface area (Å²) in [6.45, 7) is -2.54. The Hall–Kier alpha value is -6.56. The Morgan fingerprint density at radius 3 is 0.593 bits per heavy atom. The fraction of sp³-hybridized carbons (Fsp3) is 0.300. The molecule has 13 heterocycles. The monoisotopic (exact) mass is 1710 g/mol. The quantitative estimate of drug-likeness (QED) is 0.0524. The zero-order valence-corrected chi connectivity index (χ0v) is 77.2. The summed E-state index contributed by atoms with van der Waals surface area (Å²) < 4.78 is 28.4. The lowest BCUT2D eigenvalue weighted by molar-refractivity contribution is 0.481. The smallest absolute Gasteiger partial charge is 0.164 e. The first-order valence-corrected chi connectivity index (χ1v) is 47.1. The lowest BCUT2D eigenvalue weighted by atomic mass is 8.89. The Labute approximate surface area is 869 Å². The molecular weight excluding hydrogens is 1660 g/mol. The molecule has 2 N–H and O–H groups in total. The highest BCUT2D eigenvalue weighted by atomic mass is 16.5. The molecular formula is C80H50B48N8O4. The molecule has 10 aliphatic heterocycles. The molecule has 8 saturated heterocycles. The molecule has 0 aliphatic carbocycles. The highest BCUT2D eigenvalue weighted by Crippen LogP contribution is 2.69. The molecule has 10 aliphatic rings. The molecule has 0 amide bonds. The fourth-order valence-corrected chi connectivity index (χ4v) is 24.0. The van der Waals surface area contributed by atoms with Crippen LogP contribution >= 0.6 is 0 Å². The van der Waals surface area contributed by atoms with Gasteiger partial charge in [-0.05, 0) is 217 Å². The van der Waals surface area contributed by atoms with Gasteiger partial charge in [0.25, 0.3) is 0 Å². The van der Waals surface area contributed by atoms with Gasteiger partial charge >= 0.3 is 0 Å². The van der Waals surface area contributed by atoms with Gasteiger partial charge in [0.15, 0.2) is 23.3 Å². The van der Waals surface area contributed by atoms with Crippen molar-refractivity contribution in [1.82, 2.24) is 39.9 Å². The van der Waals surface area contributed by atoms with Gasteiger partial charge in [0, 0.05) is 287 Å². The van der Waals surface area contributed by atoms with Crippen molar-refractivity contribution in [3.05, 3.63) is 190 Å². The number of rotatable bonds is 40. The van der Waals surface area contributed by atoms with E-state index in [4.69, 9.17) is 235 Å². The van der Waals surface area contributed by atoms with Crippen LogP contribution in [0.5, 0.6) is 46.0 Å². The van der Waals surface area contributed by atoms with Crippen molar-refractivity contribution in [2.24, 2.45) is 0 Å². The van der Waals surface area contributed by atoms with E-state index in [2.05, 4.69) is 34.2 Å². The summed E-state index contributed by atoms with van der Waals surface area (Å²) in [4.78, 5) is 40.4. The Morgan fingerprint density at radius 2 is 0.400 bits per heavy atom. The van der Waals surface area contributed by atoms with Gasteiger partial charge in [-0.15, -0.1) is 87.4 Å². The zero-order valence-electron chi connectivity index (χ0n) is 77.2. The third-order valence-electron chi connectivity index (χ3n) is 33.1. The predicted molar refractivity (Wildman–Crippen MR) is 619 cm³/mol. The second kappa shape index (κ2) is 38.0. The van der Waals surface area contributed by atoms with E-state index < -0.39 is 41.7 Å². The Balaban J connectivity index is 0.752. The van der Waals surface area contributed by atoms with Gasteiger partial charge in [0.2, 0.25) is 0 Å². The van der Waals surface area contributed by atoms with Crippen molar-refractivity contribution in [3.63, 3.8) is 0 Å². The van der Waals surface area contributed by atoms with E-state index in [-0.39, 0.29) is 122 Å². The Morgan fingerprint density at radius 1 is 0.214 bits per heavy atom. The van der Waals surface area contributed by atoms with Crippen LogP contribution in [0.3, 0.4) is 0 Å². The third kappa shape index (κ3) is 16.7. The van der Waals surface area contributed by atoms with Crippen molar-refractivity contribution < 1.29 is 18.9 Å². The van der Waals surface area contributed by atoms with Gasteiger partial charge in [-0.1, -0.05) is 24.3 Å². The zero-order chi connectivity index (χ0) is 98.1. The van der Waals surface area contributed by atoms with Crippen LogP contribution in [-0.2, 0) is 51.4 Å². The molecule has 16 unspecified atom stereocenters. The van der Waals surface area contributed by atoms with E-state index in [1.165, 1.54) is 0 Å². The molecule has 578 valence electrons. The molecule has 21 rings (SSSR count). The minimum Gasteiger partial charge on any atom is -0.457 e. The van der Waals surface area contributed by atoms with E-state index in [0.29, 0.717) is 164 Å². The minimum atomic E-state index is -0.627. The molecule has 60 heteroatoms. The number of aromatic amines is 2. The predicted octanol–water partition coefficient (Wildman–Crippen LogP) is 0.575. The number of fused-ring (bicyclic) bond motifs is 20. The first-order valence-electron chi connectivity index (χ1n) is 47.1. The van der Waals surface area contributed by atoms with Crippen LogP contribution in [0.4, 0.5) is 0 Å². The molecule has 8 fully saturated rings. The summed E-state index contributed by atoms with van der Waals surface area (Å²) in [6, 6.07) is 46.9. The lowest BCUT2D eigenvalue weighted by Crippen LogP contribution is -2.17. The summed E-state index contributed by atoms with van der Waals surface area (Å²) in [5.41, 5.74) is 9.38. The van der Waals surface area contributed by atoms with Crippen LogP contribution in [0, 0.1) is 0 Å². The number of H-pyrrole nitrogens is 2. The van der Waals surface area contributed by atoms with Gasteiger partial charge in [0.05, 0.1) is 110 Å². The van der Waals surface area contributed by atoms with E-state index in [1.807, 2.05) is 121 Å². The minimum absolute atomic E-state index is 0.166. The number of ether oxygens (including phenoxy) is 4. The maximum atomic E-state index is 7.12. The number of hydrogen-bond acceptors (Lipinski definition) is 10. The second-order valence-corrected chi connectivity index (χ2v) is 40.4. The van der Waals surface area contributed by atoms with Gasteiger partial charge < -0.3 is 28.9 Å². The summed E-state index contributed by atoms with van der Waals surface area (Å²) in [6.07, 6.45) is 3.57. The molecule has 11 aromatic rings. The summed E-state index contributed by atoms with van der Waals surface area (Å²) in [5, 5.41) is -2.60. The first-order chi connectivity index (χ1) is 67.5. The molecule has 16 atom stereocenters. The Bertz CT molecular complexity index is 6720. The molecule has 64 radical (unpaired) electrons. The maximum absolute atomic E-state index is 7.12. The van der Waals surface area contributed by atoms with Crippen LogP contribution < -0.4 is 18.9 Å². The number of aromatic nitrogens is 8. The Kier molecular flexibility index (Phi) is 27.0. The number of benzene rings is 8. The van der Waals surface area contributed by atoms with Gasteiger partial charge in [-0.3, -0.25) is 0 Å². The topological polar surface area (TPSA) is 146 Å². The van der Waals surface area contributed by atoms with Crippen LogP contribution in [0.2, 0.25) is 87.4 Å². The number of nitrogens with one attached hydrogen (secondary N) is 2. The average Bonchev–Trinajstić information content (AvgIpc) is 1.56. The molecule has 12 nitrogen and oxygen atoms in total. The summed E-state index contributed by atoms with van der Waals surface area (Å²) >= 11 is 0. The van der Waals surface area contributed by atoms with Crippen molar-refractivity contribution in [1.29, 1.82) is 0 Å². The summed E-state index contributed by atoms with van der Waals surface area (Å²) in [7, 11) is 182. The molecule has 3 aromatic heterocycles. The summed E-state index contributed by atoms with van der Waals surface area (Å²) in [5.74, 6) is 4.70. The third-order valence-corrected chi connectivity index (χ3v) is 33.1. The van der Waals surface area contributed by atoms with Crippen molar-refractivity contribution >= 4 is 397 Å². The number of nitrogens with zero attached hydrogens (tertiary/aromatic N) is 6. The van der Waals surface area contributed by atoms with Gasteiger partial charge in [-0.25, -0.2) is 29.9 Å². The van der Waals surface area contributed by atoms with Crippen LogP contribution in [0.25, 0.3) is 89.7 Å². The molecule has 0 spiro atoms. The van der Waals surface area contributed by atoms with Crippen LogP contribution in [0.15, 0.2) is 146 Å². The lowest BCUT2D eigenvalue weighted by Gasteiger charge is -2.22. The molecule has 140 heavy (non-hydrogen) atoms. The largest absolute Gasteiger partial charge is 0.457 e. The van der Waals surface area contributed by atoms with Gasteiger partial charge in [-0.2, -0.15) is 0 Å². The fourth-order valence-electron chi connectivity index (χ4n) is 24.0. The standard InChI is InChI=1S/C80H50B48N8O4/c81-105-65-73(113-89,121(65)97)25-33-9-34(26-74(114-90)66(106-82)122(74)98)14-45(13-33)137-41-1-5-49-53(21-41)61-130-57(49)129-58-50-6-2-42(138-46-15-35(27-75(115-91)67(107-83)123(75)99)10-36(16-46)28-76(116-92)68(108-84)124(76)100)22-54(50)62(131-58)133-60-52-8-4-44(140-48-19-39(31-79(119-95)71(111-87)127(79)103)12-40(20-48)32-80(120-96)72(112-88)128(80)104)24-56(52)64(135-60)136-63-55-23-43(3-7-51(55)59(132-61)134-63)139-47-17-37(29-77(117-93)69(109-85)125(77)101)11-38(18-47)30-78(118-94)70(110-86)126(78)102/h1-24,65-72H,25-32H2,(H2,129,130,131,132,133,134,135,136)/i105+0,106+0,107+0,108+0,109+0,110+0,111+0,112+0,113+0,114+0,115+0,116+0,117+0,118+0,119+0,120+0,121+0,122+0,123+0,124+0,125-1,126+0,127+0,128+0. The van der Waals surface area contributed by atoms with Gasteiger partial charge in [0.1, 0.15) is 68.6 Å². The number of hydrogen-bond donors (Lipinski definition) is 2. The van der Waals surface area contributed by atoms with E-state index >= 15 is 0 Å². The molecule has 8 bridgehead atoms. The highest BCUT2D eigenvalue weighted by molar-refractivity contribution is 7.34. The second-order valence-electron chi connectivity index (χ2n) is 40.4. The highest BCUT2D eigenvalue weighted by Gasteiger charge is 2.65. The van der Waals surface area contributed by atoms with E-state index in [9.17, 15) is 0 Å². The average molecular weight is 1710 g/mol. The SMILES string of the molecule is [B][11B]C1[10B]([B])C1([11B][B])Cc1cc(CC2([11B][B])[11B]([B])C2[11B][B])cc(Oc2ccc3c4nc5nc(nc6[nH]c(nc7nc(nc([nH]4)c3c2)-c2cc(Oc3cc(CC4([11B][B])[11B]([B])C4[11B][B])cc(CC4([11B][B])[11B]([B])C4[11B][B])c3)ccc2-7)c2cc(Oc3cc(CC4([11B][B])[11B]([B])C4[11B][B])cc(CC4([11B][B])[11B]([B])C4[11B][B])c3)ccc62)-c2ccc(Oc3cc(CC4([11B][B])[11B]([B])C4[11B][B])cc(CC4([11B][B])[11B]([B])C4[11B][B])c3)cc2-5)c1. The van der Waals surface area contributed by atoms with Crippen molar-refractivity contribution in [2.75, 3.05) is 0 Å². The molecule has 8 aromatic carbocycles. The van der Waals surface area contributed by atoms with Crippen LogP contribution in [0.1, 0.15) is 44.5 Å². The van der Waals surface area contributed by atoms with E-state index in [0.717, 1.165) is 44.5 Å². The molecule has 0 saturated carbocycles. The normalized spacial score (nSPS) is 27.3. The maximum Gasteiger partial charge on any atom is 0.164 e. The van der Waals surface area contributed by atoms with Crippen molar-refractivity contribution in [3.8, 4) is 91.5 Å².